The number of benzene rings is 3. The van der Waals surface area contributed by atoms with Crippen LogP contribution in [0.5, 0.6) is 0 Å². The molecule has 0 aliphatic carbocycles. The minimum absolute atomic E-state index is 0.117. The monoisotopic (exact) mass is 287 g/mol. The second kappa shape index (κ2) is 5.00. The van der Waals surface area contributed by atoms with Gasteiger partial charge < -0.3 is 5.32 Å². The summed E-state index contributed by atoms with van der Waals surface area (Å²) in [5, 5.41) is 12.9. The number of nitrogens with one attached hydrogen (secondary N) is 2. The Morgan fingerprint density at radius 3 is 2.68 bits per heavy atom. The van der Waals surface area contributed by atoms with Gasteiger partial charge in [-0.1, -0.05) is 30.3 Å². The number of rotatable bonds is 2. The van der Waals surface area contributed by atoms with Gasteiger partial charge in [0.05, 0.1) is 11.7 Å². The third-order valence-corrected chi connectivity index (χ3v) is 3.71. The van der Waals surface area contributed by atoms with Gasteiger partial charge in [-0.25, -0.2) is 0 Å². The van der Waals surface area contributed by atoms with Gasteiger partial charge in [0.25, 0.3) is 5.91 Å². The number of hydrogen-bond acceptors (Lipinski definition) is 2. The molecule has 0 fully saturated rings. The van der Waals surface area contributed by atoms with Gasteiger partial charge in [-0.15, -0.1) is 0 Å². The third kappa shape index (κ3) is 2.20. The second-order valence-electron chi connectivity index (χ2n) is 5.19. The zero-order valence-electron chi connectivity index (χ0n) is 11.7. The highest BCUT2D eigenvalue weighted by Crippen LogP contribution is 2.19. The van der Waals surface area contributed by atoms with Gasteiger partial charge >= 0.3 is 0 Å². The van der Waals surface area contributed by atoms with Gasteiger partial charge in [0.2, 0.25) is 0 Å². The van der Waals surface area contributed by atoms with E-state index >= 15 is 0 Å². The van der Waals surface area contributed by atoms with Crippen molar-refractivity contribution < 1.29 is 4.79 Å². The fourth-order valence-electron chi connectivity index (χ4n) is 2.55. The Morgan fingerprint density at radius 2 is 1.77 bits per heavy atom. The molecule has 0 spiro atoms. The molecule has 0 aliphatic heterocycles. The van der Waals surface area contributed by atoms with Crippen molar-refractivity contribution in [2.75, 3.05) is 5.32 Å². The van der Waals surface area contributed by atoms with E-state index in [0.29, 0.717) is 5.56 Å². The highest BCUT2D eigenvalue weighted by Gasteiger charge is 2.07. The highest BCUT2D eigenvalue weighted by molar-refractivity contribution is 6.07. The standard InChI is InChI=1S/C18H13N3O/c22-18(14-6-5-12-3-1-2-4-13(12)9-14)20-16-7-8-17-15(10-16)11-19-21-17/h1-11H,(H,19,21)(H,20,22). The molecule has 4 heteroatoms. The van der Waals surface area contributed by atoms with Crippen molar-refractivity contribution in [1.82, 2.24) is 10.2 Å². The topological polar surface area (TPSA) is 57.8 Å². The molecular weight excluding hydrogens is 274 g/mol. The largest absolute Gasteiger partial charge is 0.322 e. The van der Waals surface area contributed by atoms with Gasteiger partial charge in [-0.2, -0.15) is 5.10 Å². The summed E-state index contributed by atoms with van der Waals surface area (Å²) in [4.78, 5) is 12.4. The van der Waals surface area contributed by atoms with Gasteiger partial charge in [-0.3, -0.25) is 9.89 Å². The quantitative estimate of drug-likeness (QED) is 0.586. The van der Waals surface area contributed by atoms with E-state index in [1.807, 2.05) is 60.7 Å². The van der Waals surface area contributed by atoms with Crippen LogP contribution in [0.15, 0.2) is 66.9 Å². The van der Waals surface area contributed by atoms with Gasteiger partial charge in [0.1, 0.15) is 0 Å². The SMILES string of the molecule is O=C(Nc1ccc2[nH]ncc2c1)c1ccc2ccccc2c1. The third-order valence-electron chi connectivity index (χ3n) is 3.71. The second-order valence-corrected chi connectivity index (χ2v) is 5.19. The molecule has 1 heterocycles. The summed E-state index contributed by atoms with van der Waals surface area (Å²) in [6.45, 7) is 0. The zero-order valence-corrected chi connectivity index (χ0v) is 11.7. The Hall–Kier alpha value is -3.14. The van der Waals surface area contributed by atoms with E-state index in [2.05, 4.69) is 15.5 Å². The van der Waals surface area contributed by atoms with Crippen molar-refractivity contribution in [2.24, 2.45) is 0 Å². The summed E-state index contributed by atoms with van der Waals surface area (Å²) in [5.41, 5.74) is 2.35. The van der Waals surface area contributed by atoms with Crippen LogP contribution in [0.4, 0.5) is 5.69 Å². The molecule has 2 N–H and O–H groups in total. The number of aromatic amines is 1. The summed E-state index contributed by atoms with van der Waals surface area (Å²) in [6, 6.07) is 19.4. The summed E-state index contributed by atoms with van der Waals surface area (Å²) >= 11 is 0. The molecule has 22 heavy (non-hydrogen) atoms. The van der Waals surface area contributed by atoms with E-state index in [0.717, 1.165) is 27.4 Å². The number of nitrogens with zero attached hydrogens (tertiary/aromatic N) is 1. The van der Waals surface area contributed by atoms with Crippen LogP contribution in [-0.4, -0.2) is 16.1 Å². The molecule has 0 atom stereocenters. The number of carbonyl (C=O) groups excluding carboxylic acids is 1. The predicted octanol–water partition coefficient (Wildman–Crippen LogP) is 3.97. The maximum Gasteiger partial charge on any atom is 0.255 e. The number of hydrogen-bond donors (Lipinski definition) is 2. The predicted molar refractivity (Wildman–Crippen MR) is 88.0 cm³/mol. The Morgan fingerprint density at radius 1 is 0.909 bits per heavy atom. The average molecular weight is 287 g/mol. The van der Waals surface area contributed by atoms with Crippen molar-refractivity contribution in [3.05, 3.63) is 72.4 Å². The highest BCUT2D eigenvalue weighted by atomic mass is 16.1. The molecule has 0 unspecified atom stereocenters. The lowest BCUT2D eigenvalue weighted by Gasteiger charge is -2.06. The Balaban J connectivity index is 1.64. The lowest BCUT2D eigenvalue weighted by molar-refractivity contribution is 0.102. The first-order valence-electron chi connectivity index (χ1n) is 7.03. The minimum atomic E-state index is -0.117. The lowest BCUT2D eigenvalue weighted by Crippen LogP contribution is -2.11. The molecule has 0 saturated heterocycles. The van der Waals surface area contributed by atoms with Crippen LogP contribution >= 0.6 is 0 Å². The van der Waals surface area contributed by atoms with E-state index in [1.165, 1.54) is 0 Å². The molecular formula is C18H13N3O. The molecule has 4 aromatic rings. The molecule has 0 radical (unpaired) electrons. The van der Waals surface area contributed by atoms with Crippen molar-refractivity contribution in [1.29, 1.82) is 0 Å². The molecule has 1 aromatic heterocycles. The number of fused-ring (bicyclic) bond motifs is 2. The summed E-state index contributed by atoms with van der Waals surface area (Å²) < 4.78 is 0. The number of amides is 1. The minimum Gasteiger partial charge on any atom is -0.322 e. The fraction of sp³-hybridized carbons (Fsp3) is 0. The first kappa shape index (κ1) is 12.6. The van der Waals surface area contributed by atoms with E-state index in [4.69, 9.17) is 0 Å². The maximum absolute atomic E-state index is 12.4. The first-order valence-corrected chi connectivity index (χ1v) is 7.03. The normalized spacial score (nSPS) is 10.9. The molecule has 4 nitrogen and oxygen atoms in total. The van der Waals surface area contributed by atoms with Crippen LogP contribution in [0.2, 0.25) is 0 Å². The van der Waals surface area contributed by atoms with E-state index in [1.54, 1.807) is 6.20 Å². The first-order chi connectivity index (χ1) is 10.8. The van der Waals surface area contributed by atoms with Crippen LogP contribution in [-0.2, 0) is 0 Å². The van der Waals surface area contributed by atoms with E-state index < -0.39 is 0 Å². The number of H-pyrrole nitrogens is 1. The van der Waals surface area contributed by atoms with E-state index in [9.17, 15) is 4.79 Å². The number of anilines is 1. The summed E-state index contributed by atoms with van der Waals surface area (Å²) in [6.07, 6.45) is 1.74. The van der Waals surface area contributed by atoms with Crippen LogP contribution in [0.1, 0.15) is 10.4 Å². The zero-order chi connectivity index (χ0) is 14.9. The fourth-order valence-corrected chi connectivity index (χ4v) is 2.55. The van der Waals surface area contributed by atoms with Crippen LogP contribution in [0, 0.1) is 0 Å². The summed E-state index contributed by atoms with van der Waals surface area (Å²) in [7, 11) is 0. The molecule has 1 amide bonds. The molecule has 106 valence electrons. The molecule has 0 saturated carbocycles. The maximum atomic E-state index is 12.4. The smallest absolute Gasteiger partial charge is 0.255 e. The van der Waals surface area contributed by atoms with Gasteiger partial charge in [-0.05, 0) is 41.1 Å². The average Bonchev–Trinajstić information content (AvgIpc) is 3.02. The van der Waals surface area contributed by atoms with Crippen LogP contribution in [0.25, 0.3) is 21.7 Å². The molecule has 0 bridgehead atoms. The Bertz CT molecular complexity index is 988. The van der Waals surface area contributed by atoms with Crippen LogP contribution in [0.3, 0.4) is 0 Å². The lowest BCUT2D eigenvalue weighted by atomic mass is 10.1. The van der Waals surface area contributed by atoms with Crippen molar-refractivity contribution in [3.8, 4) is 0 Å². The van der Waals surface area contributed by atoms with Crippen LogP contribution < -0.4 is 5.32 Å². The molecule has 3 aromatic carbocycles. The van der Waals surface area contributed by atoms with Crippen molar-refractivity contribution in [2.45, 2.75) is 0 Å². The Kier molecular flexibility index (Phi) is 2.86. The Labute approximate surface area is 126 Å². The van der Waals surface area contributed by atoms with Crippen molar-refractivity contribution >= 4 is 33.3 Å². The number of carbonyl (C=O) groups is 1. The van der Waals surface area contributed by atoms with Gasteiger partial charge in [0, 0.05) is 16.6 Å². The van der Waals surface area contributed by atoms with Gasteiger partial charge in [0.15, 0.2) is 0 Å². The molecule has 0 aliphatic rings. The number of aromatic nitrogens is 2. The molecule has 4 rings (SSSR count). The van der Waals surface area contributed by atoms with Crippen molar-refractivity contribution in [3.63, 3.8) is 0 Å². The summed E-state index contributed by atoms with van der Waals surface area (Å²) in [5.74, 6) is -0.117. The van der Waals surface area contributed by atoms with E-state index in [-0.39, 0.29) is 5.91 Å².